The van der Waals surface area contributed by atoms with Gasteiger partial charge in [-0.15, -0.1) is 10.2 Å². The van der Waals surface area contributed by atoms with Crippen molar-refractivity contribution in [1.29, 1.82) is 0 Å². The maximum atomic E-state index is 10.5. The molecule has 6 nitrogen and oxygen atoms in total. The molecule has 0 aliphatic heterocycles. The van der Waals surface area contributed by atoms with E-state index < -0.39 is 5.97 Å². The Balaban J connectivity index is 2.20. The van der Waals surface area contributed by atoms with Gasteiger partial charge in [-0.05, 0) is 25.5 Å². The molecule has 6 heteroatoms. The van der Waals surface area contributed by atoms with E-state index in [1.807, 2.05) is 29.7 Å². The van der Waals surface area contributed by atoms with E-state index in [9.17, 15) is 4.79 Å². The van der Waals surface area contributed by atoms with Gasteiger partial charge in [-0.1, -0.05) is 6.07 Å². The van der Waals surface area contributed by atoms with E-state index in [0.717, 1.165) is 11.5 Å². The average molecular weight is 246 g/mol. The second-order valence-electron chi connectivity index (χ2n) is 3.93. The molecule has 1 N–H and O–H groups in total. The highest BCUT2D eigenvalue weighted by atomic mass is 16.4. The molecule has 18 heavy (non-hydrogen) atoms. The van der Waals surface area contributed by atoms with E-state index >= 15 is 0 Å². The Labute approximate surface area is 104 Å². The molecule has 0 radical (unpaired) electrons. The number of carbonyl (C=O) groups is 1. The van der Waals surface area contributed by atoms with Gasteiger partial charge in [0.05, 0.1) is 0 Å². The molecule has 0 aliphatic carbocycles. The van der Waals surface area contributed by atoms with E-state index in [4.69, 9.17) is 5.11 Å². The molecule has 0 fully saturated rings. The summed E-state index contributed by atoms with van der Waals surface area (Å²) >= 11 is 0. The summed E-state index contributed by atoms with van der Waals surface area (Å²) in [5, 5.41) is 16.7. The fourth-order valence-corrected chi connectivity index (χ4v) is 1.72. The number of nitrogens with zero attached hydrogens (tertiary/aromatic N) is 4. The Kier molecular flexibility index (Phi) is 3.66. The van der Waals surface area contributed by atoms with E-state index in [1.165, 1.54) is 0 Å². The predicted octanol–water partition coefficient (Wildman–Crippen LogP) is 1.51. The maximum Gasteiger partial charge on any atom is 0.303 e. The molecule has 0 atom stereocenters. The minimum Gasteiger partial charge on any atom is -0.481 e. The van der Waals surface area contributed by atoms with E-state index in [0.29, 0.717) is 18.8 Å². The molecular weight excluding hydrogens is 232 g/mol. The third kappa shape index (κ3) is 2.71. The van der Waals surface area contributed by atoms with Crippen LogP contribution in [0.3, 0.4) is 0 Å². The van der Waals surface area contributed by atoms with Gasteiger partial charge in [-0.25, -0.2) is 0 Å². The van der Waals surface area contributed by atoms with Crippen molar-refractivity contribution >= 4 is 5.97 Å². The summed E-state index contributed by atoms with van der Waals surface area (Å²) in [6.45, 7) is 2.43. The van der Waals surface area contributed by atoms with Gasteiger partial charge in [-0.2, -0.15) is 0 Å². The van der Waals surface area contributed by atoms with Gasteiger partial charge in [0, 0.05) is 19.2 Å². The molecule has 0 bridgehead atoms. The van der Waals surface area contributed by atoms with Gasteiger partial charge in [0.15, 0.2) is 5.82 Å². The van der Waals surface area contributed by atoms with Crippen LogP contribution in [0.2, 0.25) is 0 Å². The lowest BCUT2D eigenvalue weighted by Crippen LogP contribution is -2.06. The highest BCUT2D eigenvalue weighted by Crippen LogP contribution is 2.15. The van der Waals surface area contributed by atoms with Crippen LogP contribution in [0.25, 0.3) is 11.5 Å². The van der Waals surface area contributed by atoms with Gasteiger partial charge in [-0.3, -0.25) is 9.78 Å². The van der Waals surface area contributed by atoms with Crippen LogP contribution in [-0.2, 0) is 11.3 Å². The topological polar surface area (TPSA) is 80.9 Å². The van der Waals surface area contributed by atoms with Crippen molar-refractivity contribution in [3.05, 3.63) is 30.2 Å². The molecule has 0 aliphatic rings. The summed E-state index contributed by atoms with van der Waals surface area (Å²) in [6, 6.07) is 5.58. The third-order valence-corrected chi connectivity index (χ3v) is 2.60. The predicted molar refractivity (Wildman–Crippen MR) is 64.9 cm³/mol. The van der Waals surface area contributed by atoms with E-state index in [1.54, 1.807) is 6.20 Å². The number of aliphatic carboxylic acids is 1. The van der Waals surface area contributed by atoms with Gasteiger partial charge in [0.2, 0.25) is 0 Å². The van der Waals surface area contributed by atoms with Crippen LogP contribution in [-0.4, -0.2) is 30.8 Å². The summed E-state index contributed by atoms with van der Waals surface area (Å²) in [6.07, 6.45) is 2.38. The first kappa shape index (κ1) is 12.2. The van der Waals surface area contributed by atoms with Gasteiger partial charge in [0.1, 0.15) is 11.5 Å². The number of carboxylic acids is 1. The first-order valence-electron chi connectivity index (χ1n) is 5.71. The molecule has 94 valence electrons. The third-order valence-electron chi connectivity index (χ3n) is 2.60. The molecule has 2 heterocycles. The number of aromatic nitrogens is 4. The lowest BCUT2D eigenvalue weighted by molar-refractivity contribution is -0.137. The van der Waals surface area contributed by atoms with Crippen LogP contribution in [0.15, 0.2) is 24.4 Å². The SMILES string of the molecule is Cc1nnc(-c2ccccn2)n1CCCC(=O)O. The van der Waals surface area contributed by atoms with Crippen molar-refractivity contribution in [2.75, 3.05) is 0 Å². The second kappa shape index (κ2) is 5.39. The molecule has 0 unspecified atom stereocenters. The number of pyridine rings is 1. The standard InChI is InChI=1S/C12H14N4O2/c1-9-14-15-12(10-5-2-3-7-13-10)16(9)8-4-6-11(17)18/h2-3,5,7H,4,6,8H2,1H3,(H,17,18). The van der Waals surface area contributed by atoms with Crippen molar-refractivity contribution in [2.24, 2.45) is 0 Å². The molecule has 0 saturated carbocycles. The Morgan fingerprint density at radius 2 is 2.22 bits per heavy atom. The van der Waals surface area contributed by atoms with Crippen LogP contribution in [0.1, 0.15) is 18.7 Å². The Bertz CT molecular complexity index is 536. The zero-order valence-electron chi connectivity index (χ0n) is 10.1. The number of carboxylic acid groups (broad SMARTS) is 1. The molecule has 2 aromatic heterocycles. The molecule has 0 spiro atoms. The lowest BCUT2D eigenvalue weighted by atomic mass is 10.3. The van der Waals surface area contributed by atoms with Crippen LogP contribution in [0.4, 0.5) is 0 Å². The Morgan fingerprint density at radius 3 is 2.89 bits per heavy atom. The molecule has 2 aromatic rings. The summed E-state index contributed by atoms with van der Waals surface area (Å²) in [5.41, 5.74) is 0.744. The van der Waals surface area contributed by atoms with Crippen LogP contribution in [0.5, 0.6) is 0 Å². The summed E-state index contributed by atoms with van der Waals surface area (Å²) in [4.78, 5) is 14.7. The van der Waals surface area contributed by atoms with Crippen molar-refractivity contribution in [2.45, 2.75) is 26.3 Å². The minimum absolute atomic E-state index is 0.138. The van der Waals surface area contributed by atoms with Gasteiger partial charge < -0.3 is 9.67 Å². The second-order valence-corrected chi connectivity index (χ2v) is 3.93. The number of rotatable bonds is 5. The molecule has 0 saturated heterocycles. The first-order chi connectivity index (χ1) is 8.68. The first-order valence-corrected chi connectivity index (χ1v) is 5.71. The lowest BCUT2D eigenvalue weighted by Gasteiger charge is -2.06. The van der Waals surface area contributed by atoms with Crippen molar-refractivity contribution in [1.82, 2.24) is 19.7 Å². The van der Waals surface area contributed by atoms with E-state index in [-0.39, 0.29) is 6.42 Å². The highest BCUT2D eigenvalue weighted by molar-refractivity contribution is 5.66. The number of hydrogen-bond donors (Lipinski definition) is 1. The highest BCUT2D eigenvalue weighted by Gasteiger charge is 2.11. The van der Waals surface area contributed by atoms with Gasteiger partial charge in [0.25, 0.3) is 0 Å². The van der Waals surface area contributed by atoms with E-state index in [2.05, 4.69) is 15.2 Å². The number of aryl methyl sites for hydroxylation is 1. The monoisotopic (exact) mass is 246 g/mol. The van der Waals surface area contributed by atoms with Crippen LogP contribution in [0, 0.1) is 6.92 Å². The normalized spacial score (nSPS) is 10.5. The summed E-state index contributed by atoms with van der Waals surface area (Å²) < 4.78 is 1.89. The van der Waals surface area contributed by atoms with Crippen molar-refractivity contribution < 1.29 is 9.90 Å². The molecule has 2 rings (SSSR count). The number of hydrogen-bond acceptors (Lipinski definition) is 4. The fourth-order valence-electron chi connectivity index (χ4n) is 1.72. The van der Waals surface area contributed by atoms with Crippen LogP contribution >= 0.6 is 0 Å². The Hall–Kier alpha value is -2.24. The fraction of sp³-hybridized carbons (Fsp3) is 0.333. The van der Waals surface area contributed by atoms with Crippen LogP contribution < -0.4 is 0 Å². The quantitative estimate of drug-likeness (QED) is 0.864. The zero-order valence-corrected chi connectivity index (χ0v) is 10.1. The largest absolute Gasteiger partial charge is 0.481 e. The minimum atomic E-state index is -0.792. The maximum absolute atomic E-state index is 10.5. The molecule has 0 amide bonds. The molecular formula is C12H14N4O2. The van der Waals surface area contributed by atoms with Gasteiger partial charge >= 0.3 is 5.97 Å². The zero-order chi connectivity index (χ0) is 13.0. The molecule has 0 aromatic carbocycles. The average Bonchev–Trinajstić information content (AvgIpc) is 2.72. The summed E-state index contributed by atoms with van der Waals surface area (Å²) in [7, 11) is 0. The Morgan fingerprint density at radius 1 is 1.39 bits per heavy atom. The van der Waals surface area contributed by atoms with Crippen molar-refractivity contribution in [3.8, 4) is 11.5 Å². The van der Waals surface area contributed by atoms with Crippen molar-refractivity contribution in [3.63, 3.8) is 0 Å². The smallest absolute Gasteiger partial charge is 0.303 e. The summed E-state index contributed by atoms with van der Waals surface area (Å²) in [5.74, 6) is 0.652.